The largest absolute Gasteiger partial charge is 0.497 e. The number of halogens is 1. The zero-order valence-electron chi connectivity index (χ0n) is 11.1. The maximum atomic E-state index is 5.76. The number of rotatable bonds is 5. The van der Waals surface area contributed by atoms with Crippen LogP contribution >= 0.6 is 15.9 Å². The van der Waals surface area contributed by atoms with Gasteiger partial charge >= 0.3 is 0 Å². The first-order valence-corrected chi connectivity index (χ1v) is 7.54. The Morgan fingerprint density at radius 1 is 1.50 bits per heavy atom. The molecule has 0 radical (unpaired) electrons. The van der Waals surface area contributed by atoms with Gasteiger partial charge in [0.2, 0.25) is 0 Å². The Kier molecular flexibility index (Phi) is 5.07. The molecular formula is C15H21BrO2. The van der Waals surface area contributed by atoms with Gasteiger partial charge < -0.3 is 9.47 Å². The lowest BCUT2D eigenvalue weighted by molar-refractivity contribution is 0.0873. The maximum Gasteiger partial charge on any atom is 0.119 e. The third kappa shape index (κ3) is 3.27. The van der Waals surface area contributed by atoms with Crippen molar-refractivity contribution >= 4 is 15.9 Å². The van der Waals surface area contributed by atoms with Crippen molar-refractivity contribution in [3.05, 3.63) is 29.8 Å². The Morgan fingerprint density at radius 2 is 2.33 bits per heavy atom. The molecule has 0 saturated carbocycles. The molecule has 0 N–H and O–H groups in total. The first-order valence-electron chi connectivity index (χ1n) is 6.63. The van der Waals surface area contributed by atoms with Crippen LogP contribution in [0.5, 0.6) is 5.75 Å². The predicted octanol–water partition coefficient (Wildman–Crippen LogP) is 3.82. The monoisotopic (exact) mass is 312 g/mol. The molecule has 2 nitrogen and oxygen atoms in total. The quantitative estimate of drug-likeness (QED) is 0.770. The van der Waals surface area contributed by atoms with E-state index in [0.717, 1.165) is 25.2 Å². The molecule has 2 rings (SSSR count). The highest BCUT2D eigenvalue weighted by atomic mass is 79.9. The summed E-state index contributed by atoms with van der Waals surface area (Å²) >= 11 is 3.85. The van der Waals surface area contributed by atoms with Crippen LogP contribution in [0.15, 0.2) is 24.3 Å². The van der Waals surface area contributed by atoms with Crippen molar-refractivity contribution in [2.75, 3.05) is 13.7 Å². The van der Waals surface area contributed by atoms with Crippen LogP contribution in [-0.2, 0) is 11.2 Å². The normalized spacial score (nSPS) is 25.1. The van der Waals surface area contributed by atoms with Gasteiger partial charge in [0.25, 0.3) is 0 Å². The average Bonchev–Trinajstić information content (AvgIpc) is 2.87. The number of benzene rings is 1. The van der Waals surface area contributed by atoms with E-state index in [1.54, 1.807) is 7.11 Å². The third-order valence-corrected chi connectivity index (χ3v) is 4.70. The minimum Gasteiger partial charge on any atom is -0.497 e. The molecule has 3 atom stereocenters. The van der Waals surface area contributed by atoms with Gasteiger partial charge in [-0.2, -0.15) is 0 Å². The van der Waals surface area contributed by atoms with Gasteiger partial charge in [-0.3, -0.25) is 0 Å². The molecular weight excluding hydrogens is 292 g/mol. The number of ether oxygens (including phenoxy) is 2. The SMILES string of the molecule is CCC1OCCC1C(Br)Cc1cccc(OC)c1. The van der Waals surface area contributed by atoms with Gasteiger partial charge in [0, 0.05) is 17.4 Å². The summed E-state index contributed by atoms with van der Waals surface area (Å²) < 4.78 is 11.0. The highest BCUT2D eigenvalue weighted by Crippen LogP contribution is 2.32. The lowest BCUT2D eigenvalue weighted by Gasteiger charge is -2.22. The predicted molar refractivity (Wildman–Crippen MR) is 77.6 cm³/mol. The summed E-state index contributed by atoms with van der Waals surface area (Å²) in [6.07, 6.45) is 3.71. The molecule has 3 heteroatoms. The maximum absolute atomic E-state index is 5.76. The Balaban J connectivity index is 1.99. The molecule has 0 bridgehead atoms. The summed E-state index contributed by atoms with van der Waals surface area (Å²) in [5.41, 5.74) is 1.32. The van der Waals surface area contributed by atoms with Gasteiger partial charge in [0.1, 0.15) is 5.75 Å². The smallest absolute Gasteiger partial charge is 0.119 e. The van der Waals surface area contributed by atoms with Gasteiger partial charge in [-0.1, -0.05) is 35.0 Å². The average molecular weight is 313 g/mol. The fraction of sp³-hybridized carbons (Fsp3) is 0.600. The second kappa shape index (κ2) is 6.58. The fourth-order valence-electron chi connectivity index (χ4n) is 2.68. The van der Waals surface area contributed by atoms with Crippen molar-refractivity contribution in [1.82, 2.24) is 0 Å². The van der Waals surface area contributed by atoms with E-state index in [1.807, 2.05) is 6.07 Å². The molecule has 1 aliphatic rings. The minimum atomic E-state index is 0.417. The number of methoxy groups -OCH3 is 1. The zero-order chi connectivity index (χ0) is 13.0. The van der Waals surface area contributed by atoms with Crippen molar-refractivity contribution < 1.29 is 9.47 Å². The molecule has 0 spiro atoms. The molecule has 18 heavy (non-hydrogen) atoms. The second-order valence-electron chi connectivity index (χ2n) is 4.84. The lowest BCUT2D eigenvalue weighted by atomic mass is 9.92. The second-order valence-corrected chi connectivity index (χ2v) is 6.02. The number of hydrogen-bond acceptors (Lipinski definition) is 2. The molecule has 1 aromatic rings. The first-order chi connectivity index (χ1) is 8.74. The third-order valence-electron chi connectivity index (χ3n) is 3.69. The molecule has 0 aromatic heterocycles. The van der Waals surface area contributed by atoms with Crippen LogP contribution in [0.1, 0.15) is 25.3 Å². The Hall–Kier alpha value is -0.540. The molecule has 1 aromatic carbocycles. The molecule has 100 valence electrons. The molecule has 1 aliphatic heterocycles. The number of hydrogen-bond donors (Lipinski definition) is 0. The summed E-state index contributed by atoms with van der Waals surface area (Å²) in [7, 11) is 1.71. The Bertz CT molecular complexity index is 381. The standard InChI is InChI=1S/C15H21BrO2/c1-3-15-13(7-8-18-15)14(16)10-11-5-4-6-12(9-11)17-2/h4-6,9,13-15H,3,7-8,10H2,1-2H3. The van der Waals surface area contributed by atoms with Crippen molar-refractivity contribution in [2.45, 2.75) is 37.1 Å². The van der Waals surface area contributed by atoms with E-state index in [0.29, 0.717) is 16.8 Å². The van der Waals surface area contributed by atoms with Crippen LogP contribution in [0.25, 0.3) is 0 Å². The van der Waals surface area contributed by atoms with Crippen LogP contribution in [0, 0.1) is 5.92 Å². The molecule has 0 amide bonds. The van der Waals surface area contributed by atoms with Crippen LogP contribution in [0.3, 0.4) is 0 Å². The van der Waals surface area contributed by atoms with Gasteiger partial charge in [-0.05, 0) is 37.0 Å². The molecule has 1 fully saturated rings. The molecule has 1 heterocycles. The van der Waals surface area contributed by atoms with E-state index in [9.17, 15) is 0 Å². The van der Waals surface area contributed by atoms with Crippen molar-refractivity contribution in [3.63, 3.8) is 0 Å². The van der Waals surface area contributed by atoms with Gasteiger partial charge in [0.15, 0.2) is 0 Å². The van der Waals surface area contributed by atoms with E-state index in [1.165, 1.54) is 12.0 Å². The zero-order valence-corrected chi connectivity index (χ0v) is 12.7. The highest BCUT2D eigenvalue weighted by Gasteiger charge is 2.32. The molecule has 3 unspecified atom stereocenters. The van der Waals surface area contributed by atoms with E-state index < -0.39 is 0 Å². The van der Waals surface area contributed by atoms with Gasteiger partial charge in [-0.15, -0.1) is 0 Å². The fourth-order valence-corrected chi connectivity index (χ4v) is 3.65. The molecule has 0 aliphatic carbocycles. The van der Waals surface area contributed by atoms with Crippen molar-refractivity contribution in [3.8, 4) is 5.75 Å². The highest BCUT2D eigenvalue weighted by molar-refractivity contribution is 9.09. The summed E-state index contributed by atoms with van der Waals surface area (Å²) in [6.45, 7) is 3.11. The topological polar surface area (TPSA) is 18.5 Å². The summed E-state index contributed by atoms with van der Waals surface area (Å²) in [5.74, 6) is 1.56. The van der Waals surface area contributed by atoms with E-state index in [4.69, 9.17) is 9.47 Å². The van der Waals surface area contributed by atoms with E-state index in [-0.39, 0.29) is 0 Å². The Labute approximate surface area is 118 Å². The molecule has 1 saturated heterocycles. The summed E-state index contributed by atoms with van der Waals surface area (Å²) in [6, 6.07) is 8.31. The van der Waals surface area contributed by atoms with Gasteiger partial charge in [-0.25, -0.2) is 0 Å². The lowest BCUT2D eigenvalue weighted by Crippen LogP contribution is -2.25. The van der Waals surface area contributed by atoms with Crippen LogP contribution < -0.4 is 4.74 Å². The summed E-state index contributed by atoms with van der Waals surface area (Å²) in [5, 5.41) is 0. The minimum absolute atomic E-state index is 0.417. The Morgan fingerprint density at radius 3 is 3.06 bits per heavy atom. The van der Waals surface area contributed by atoms with Crippen molar-refractivity contribution in [1.29, 1.82) is 0 Å². The van der Waals surface area contributed by atoms with Gasteiger partial charge in [0.05, 0.1) is 13.2 Å². The van der Waals surface area contributed by atoms with Crippen molar-refractivity contribution in [2.24, 2.45) is 5.92 Å². The van der Waals surface area contributed by atoms with Crippen LogP contribution in [0.2, 0.25) is 0 Å². The summed E-state index contributed by atoms with van der Waals surface area (Å²) in [4.78, 5) is 0.483. The first kappa shape index (κ1) is 13.9. The van der Waals surface area contributed by atoms with Crippen LogP contribution in [0.4, 0.5) is 0 Å². The number of alkyl halides is 1. The van der Waals surface area contributed by atoms with E-state index in [2.05, 4.69) is 41.1 Å². The van der Waals surface area contributed by atoms with E-state index >= 15 is 0 Å². The van der Waals surface area contributed by atoms with Crippen LogP contribution in [-0.4, -0.2) is 24.6 Å².